The standard InChI is InChI=1S/C24H24N6O/c1-2-4-19(5-3-1)27-24-17-22(28-29-24)18-10-11-25-23(16-18)26-20-6-8-21(9-7-20)30-12-14-31-15-13-30/h1-11,16-17H,12-15H2,(H,25,26)(H2,27,28,29). The second-order valence-electron chi connectivity index (χ2n) is 7.36. The SMILES string of the molecule is c1ccc(Nc2cc(-c3ccnc(Nc4ccc(N5CCOCC5)cc4)c3)[nH]n2)cc1. The van der Waals surface area contributed by atoms with E-state index in [-0.39, 0.29) is 0 Å². The Hall–Kier alpha value is -3.84. The van der Waals surface area contributed by atoms with Gasteiger partial charge in [0.2, 0.25) is 0 Å². The smallest absolute Gasteiger partial charge is 0.152 e. The predicted octanol–water partition coefficient (Wildman–Crippen LogP) is 4.80. The number of para-hydroxylation sites is 1. The maximum absolute atomic E-state index is 5.43. The number of pyridine rings is 1. The molecule has 2 aromatic carbocycles. The van der Waals surface area contributed by atoms with Crippen molar-refractivity contribution in [2.24, 2.45) is 0 Å². The molecule has 0 radical (unpaired) electrons. The van der Waals surface area contributed by atoms with E-state index in [9.17, 15) is 0 Å². The van der Waals surface area contributed by atoms with Crippen LogP contribution < -0.4 is 15.5 Å². The van der Waals surface area contributed by atoms with Crippen molar-refractivity contribution < 1.29 is 4.74 Å². The van der Waals surface area contributed by atoms with Gasteiger partial charge in [0, 0.05) is 48.0 Å². The Morgan fingerprint density at radius 2 is 1.55 bits per heavy atom. The average Bonchev–Trinajstić information content (AvgIpc) is 3.30. The van der Waals surface area contributed by atoms with Crippen LogP contribution in [0.5, 0.6) is 0 Å². The molecule has 156 valence electrons. The van der Waals surface area contributed by atoms with Gasteiger partial charge in [0.05, 0.1) is 18.9 Å². The summed E-state index contributed by atoms with van der Waals surface area (Å²) in [7, 11) is 0. The minimum Gasteiger partial charge on any atom is -0.378 e. The van der Waals surface area contributed by atoms with E-state index < -0.39 is 0 Å². The molecule has 3 N–H and O–H groups in total. The molecule has 4 aromatic rings. The Balaban J connectivity index is 1.27. The van der Waals surface area contributed by atoms with Crippen molar-refractivity contribution >= 4 is 28.7 Å². The molecule has 3 heterocycles. The first kappa shape index (κ1) is 19.1. The molecule has 7 heteroatoms. The van der Waals surface area contributed by atoms with Crippen LogP contribution in [-0.4, -0.2) is 41.5 Å². The van der Waals surface area contributed by atoms with Gasteiger partial charge in [-0.1, -0.05) is 18.2 Å². The summed E-state index contributed by atoms with van der Waals surface area (Å²) in [4.78, 5) is 6.80. The molecule has 1 saturated heterocycles. The molecule has 0 saturated carbocycles. The van der Waals surface area contributed by atoms with Gasteiger partial charge in [-0.3, -0.25) is 5.10 Å². The molecule has 2 aromatic heterocycles. The van der Waals surface area contributed by atoms with Crippen LogP contribution in [0.4, 0.5) is 28.7 Å². The number of aromatic amines is 1. The summed E-state index contributed by atoms with van der Waals surface area (Å²) in [6.45, 7) is 3.43. The van der Waals surface area contributed by atoms with Crippen LogP contribution in [-0.2, 0) is 4.74 Å². The van der Waals surface area contributed by atoms with Gasteiger partial charge < -0.3 is 20.3 Å². The van der Waals surface area contributed by atoms with Gasteiger partial charge in [-0.15, -0.1) is 0 Å². The molecule has 0 atom stereocenters. The van der Waals surface area contributed by atoms with E-state index in [1.54, 1.807) is 6.20 Å². The van der Waals surface area contributed by atoms with Gasteiger partial charge in [-0.25, -0.2) is 4.98 Å². The van der Waals surface area contributed by atoms with Crippen molar-refractivity contribution in [2.75, 3.05) is 41.8 Å². The summed E-state index contributed by atoms with van der Waals surface area (Å²) in [5.41, 5.74) is 5.14. The zero-order valence-corrected chi connectivity index (χ0v) is 17.1. The number of anilines is 5. The lowest BCUT2D eigenvalue weighted by Gasteiger charge is -2.28. The molecule has 7 nitrogen and oxygen atoms in total. The average molecular weight is 412 g/mol. The van der Waals surface area contributed by atoms with Crippen molar-refractivity contribution in [2.45, 2.75) is 0 Å². The van der Waals surface area contributed by atoms with Crippen LogP contribution in [0.2, 0.25) is 0 Å². The Bertz CT molecular complexity index is 1120. The molecule has 1 fully saturated rings. The van der Waals surface area contributed by atoms with Gasteiger partial charge in [0.25, 0.3) is 0 Å². The minimum atomic E-state index is 0.770. The van der Waals surface area contributed by atoms with Crippen LogP contribution in [0.25, 0.3) is 11.3 Å². The number of aromatic nitrogens is 3. The first-order valence-corrected chi connectivity index (χ1v) is 10.4. The van der Waals surface area contributed by atoms with Crippen LogP contribution >= 0.6 is 0 Å². The Morgan fingerprint density at radius 1 is 0.806 bits per heavy atom. The summed E-state index contributed by atoms with van der Waals surface area (Å²) in [5, 5.41) is 14.1. The monoisotopic (exact) mass is 412 g/mol. The lowest BCUT2D eigenvalue weighted by Crippen LogP contribution is -2.36. The molecule has 0 aliphatic carbocycles. The molecule has 0 bridgehead atoms. The van der Waals surface area contributed by atoms with E-state index in [4.69, 9.17) is 4.74 Å². The number of nitrogens with one attached hydrogen (secondary N) is 3. The lowest BCUT2D eigenvalue weighted by atomic mass is 10.2. The molecule has 5 rings (SSSR count). The largest absolute Gasteiger partial charge is 0.378 e. The van der Waals surface area contributed by atoms with Gasteiger partial charge in [-0.2, -0.15) is 5.10 Å². The number of hydrogen-bond acceptors (Lipinski definition) is 6. The molecule has 1 aliphatic rings. The second kappa shape index (κ2) is 8.89. The van der Waals surface area contributed by atoms with Gasteiger partial charge in [-0.05, 0) is 48.5 Å². The third-order valence-electron chi connectivity index (χ3n) is 5.21. The third-order valence-corrected chi connectivity index (χ3v) is 5.21. The zero-order chi connectivity index (χ0) is 20.9. The molecular weight excluding hydrogens is 388 g/mol. The Morgan fingerprint density at radius 3 is 2.35 bits per heavy atom. The maximum Gasteiger partial charge on any atom is 0.152 e. The fraction of sp³-hybridized carbons (Fsp3) is 0.167. The number of benzene rings is 2. The highest BCUT2D eigenvalue weighted by molar-refractivity contribution is 5.70. The van der Waals surface area contributed by atoms with Crippen molar-refractivity contribution in [3.63, 3.8) is 0 Å². The third kappa shape index (κ3) is 4.67. The van der Waals surface area contributed by atoms with E-state index in [1.807, 2.05) is 48.5 Å². The molecule has 0 unspecified atom stereocenters. The van der Waals surface area contributed by atoms with Crippen molar-refractivity contribution in [1.82, 2.24) is 15.2 Å². The summed E-state index contributed by atoms with van der Waals surface area (Å²) < 4.78 is 5.43. The van der Waals surface area contributed by atoms with E-state index in [0.717, 1.165) is 60.6 Å². The number of rotatable bonds is 6. The minimum absolute atomic E-state index is 0.770. The number of hydrogen-bond donors (Lipinski definition) is 3. The van der Waals surface area contributed by atoms with Gasteiger partial charge in [0.1, 0.15) is 5.82 Å². The highest BCUT2D eigenvalue weighted by Gasteiger charge is 2.11. The first-order chi connectivity index (χ1) is 15.3. The molecule has 0 amide bonds. The normalized spacial score (nSPS) is 13.7. The van der Waals surface area contributed by atoms with Crippen LogP contribution in [0.3, 0.4) is 0 Å². The summed E-state index contributed by atoms with van der Waals surface area (Å²) in [6, 6.07) is 24.4. The second-order valence-corrected chi connectivity index (χ2v) is 7.36. The van der Waals surface area contributed by atoms with E-state index in [1.165, 1.54) is 5.69 Å². The van der Waals surface area contributed by atoms with E-state index >= 15 is 0 Å². The quantitative estimate of drug-likeness (QED) is 0.422. The molecular formula is C24H24N6O. The van der Waals surface area contributed by atoms with Crippen molar-refractivity contribution in [3.8, 4) is 11.3 Å². The summed E-state index contributed by atoms with van der Waals surface area (Å²) in [6.07, 6.45) is 1.80. The highest BCUT2D eigenvalue weighted by Crippen LogP contribution is 2.26. The summed E-state index contributed by atoms with van der Waals surface area (Å²) in [5.74, 6) is 1.55. The van der Waals surface area contributed by atoms with E-state index in [2.05, 4.69) is 55.0 Å². The highest BCUT2D eigenvalue weighted by atomic mass is 16.5. The van der Waals surface area contributed by atoms with E-state index in [0.29, 0.717) is 0 Å². The summed E-state index contributed by atoms with van der Waals surface area (Å²) >= 11 is 0. The molecule has 31 heavy (non-hydrogen) atoms. The van der Waals surface area contributed by atoms with Crippen molar-refractivity contribution in [1.29, 1.82) is 0 Å². The van der Waals surface area contributed by atoms with Crippen molar-refractivity contribution in [3.05, 3.63) is 79.0 Å². The first-order valence-electron chi connectivity index (χ1n) is 10.4. The fourth-order valence-electron chi connectivity index (χ4n) is 3.59. The zero-order valence-electron chi connectivity index (χ0n) is 17.1. The Kier molecular flexibility index (Phi) is 5.49. The predicted molar refractivity (Wildman–Crippen MR) is 124 cm³/mol. The maximum atomic E-state index is 5.43. The topological polar surface area (TPSA) is 78.1 Å². The van der Waals surface area contributed by atoms with Crippen LogP contribution in [0.15, 0.2) is 79.0 Å². The number of morpholine rings is 1. The van der Waals surface area contributed by atoms with Crippen LogP contribution in [0.1, 0.15) is 0 Å². The van der Waals surface area contributed by atoms with Crippen LogP contribution in [0, 0.1) is 0 Å². The Labute approximate surface area is 181 Å². The number of H-pyrrole nitrogens is 1. The number of ether oxygens (including phenoxy) is 1. The van der Waals surface area contributed by atoms with Gasteiger partial charge >= 0.3 is 0 Å². The van der Waals surface area contributed by atoms with Gasteiger partial charge in [0.15, 0.2) is 5.82 Å². The molecule has 0 spiro atoms. The number of nitrogens with zero attached hydrogens (tertiary/aromatic N) is 3. The molecule has 1 aliphatic heterocycles. The lowest BCUT2D eigenvalue weighted by molar-refractivity contribution is 0.122. The fourth-order valence-corrected chi connectivity index (χ4v) is 3.59.